The van der Waals surface area contributed by atoms with Gasteiger partial charge in [-0.15, -0.1) is 0 Å². The van der Waals surface area contributed by atoms with Crippen molar-refractivity contribution in [3.05, 3.63) is 23.8 Å². The third-order valence-corrected chi connectivity index (χ3v) is 5.53. The molecule has 0 aromatic heterocycles. The van der Waals surface area contributed by atoms with Crippen molar-refractivity contribution >= 4 is 23.2 Å². The molecule has 2 bridgehead atoms. The van der Waals surface area contributed by atoms with Crippen molar-refractivity contribution in [3.63, 3.8) is 0 Å². The first-order chi connectivity index (χ1) is 11.4. The van der Waals surface area contributed by atoms with Crippen molar-refractivity contribution < 1.29 is 9.59 Å². The summed E-state index contributed by atoms with van der Waals surface area (Å²) in [5.41, 5.74) is 8.69. The van der Waals surface area contributed by atoms with Crippen LogP contribution in [0.4, 0.5) is 11.4 Å². The molecule has 2 atom stereocenters. The van der Waals surface area contributed by atoms with Gasteiger partial charge in [0, 0.05) is 18.9 Å². The molecule has 1 aromatic carbocycles. The number of benzene rings is 1. The van der Waals surface area contributed by atoms with E-state index in [2.05, 4.69) is 10.6 Å². The summed E-state index contributed by atoms with van der Waals surface area (Å²) in [7, 11) is 0. The molecular weight excluding hydrogens is 302 g/mol. The summed E-state index contributed by atoms with van der Waals surface area (Å²) in [4.78, 5) is 24.2. The second-order valence-electron chi connectivity index (χ2n) is 7.42. The molecule has 3 rings (SSSR count). The van der Waals surface area contributed by atoms with Gasteiger partial charge in [0.2, 0.25) is 11.8 Å². The molecule has 0 saturated heterocycles. The van der Waals surface area contributed by atoms with Crippen LogP contribution in [0, 0.1) is 24.7 Å². The average molecular weight is 329 g/mol. The lowest BCUT2D eigenvalue weighted by Crippen LogP contribution is -2.48. The van der Waals surface area contributed by atoms with Gasteiger partial charge in [0.25, 0.3) is 0 Å². The first-order valence-corrected chi connectivity index (χ1v) is 8.88. The minimum Gasteiger partial charge on any atom is -0.327 e. The first kappa shape index (κ1) is 17.0. The summed E-state index contributed by atoms with van der Waals surface area (Å²) < 4.78 is 0. The standard InChI is InChI=1S/C19H27N3O2/c1-11-6-7-16(21-12(2)23)17(8-11)22-19(24)15-9-13-4-3-5-14(10-15)18(13)20/h6-8,13-15,18H,3-5,9-10,20H2,1-2H3,(H,21,23)(H,22,24). The van der Waals surface area contributed by atoms with Gasteiger partial charge in [-0.25, -0.2) is 0 Å². The molecule has 2 unspecified atom stereocenters. The third-order valence-electron chi connectivity index (χ3n) is 5.53. The SMILES string of the molecule is CC(=O)Nc1ccc(C)cc1NC(=O)C1CC2CCCC(C1)C2N. The maximum absolute atomic E-state index is 12.8. The topological polar surface area (TPSA) is 84.2 Å². The van der Waals surface area contributed by atoms with E-state index in [0.29, 0.717) is 23.2 Å². The summed E-state index contributed by atoms with van der Waals surface area (Å²) in [5, 5.41) is 5.82. The second-order valence-corrected chi connectivity index (χ2v) is 7.42. The van der Waals surface area contributed by atoms with Gasteiger partial charge in [-0.2, -0.15) is 0 Å². The molecule has 1 aromatic rings. The van der Waals surface area contributed by atoms with Gasteiger partial charge in [-0.3, -0.25) is 9.59 Å². The third kappa shape index (κ3) is 3.61. The van der Waals surface area contributed by atoms with Gasteiger partial charge in [0.1, 0.15) is 0 Å². The molecule has 2 amide bonds. The molecule has 24 heavy (non-hydrogen) atoms. The van der Waals surface area contributed by atoms with Gasteiger partial charge in [-0.05, 0) is 62.1 Å². The van der Waals surface area contributed by atoms with Crippen molar-refractivity contribution in [2.75, 3.05) is 10.6 Å². The molecule has 5 nitrogen and oxygen atoms in total. The van der Waals surface area contributed by atoms with E-state index < -0.39 is 0 Å². The second kappa shape index (κ2) is 6.93. The molecule has 4 N–H and O–H groups in total. The number of hydrogen-bond acceptors (Lipinski definition) is 3. The fourth-order valence-electron chi connectivity index (χ4n) is 4.30. The predicted octanol–water partition coefficient (Wildman–Crippen LogP) is 3.05. The van der Waals surface area contributed by atoms with Crippen LogP contribution in [0.3, 0.4) is 0 Å². The number of amides is 2. The molecule has 130 valence electrons. The number of nitrogens with two attached hydrogens (primary N) is 1. The summed E-state index contributed by atoms with van der Waals surface area (Å²) >= 11 is 0. The van der Waals surface area contributed by atoms with Crippen LogP contribution in [0.1, 0.15) is 44.6 Å². The van der Waals surface area contributed by atoms with Crippen LogP contribution in [0.5, 0.6) is 0 Å². The van der Waals surface area contributed by atoms with Crippen molar-refractivity contribution in [1.29, 1.82) is 0 Å². The van der Waals surface area contributed by atoms with Crippen LogP contribution in [-0.2, 0) is 9.59 Å². The zero-order valence-corrected chi connectivity index (χ0v) is 14.5. The van der Waals surface area contributed by atoms with Crippen LogP contribution in [0.2, 0.25) is 0 Å². The molecule has 2 fully saturated rings. The Kier molecular flexibility index (Phi) is 4.90. The van der Waals surface area contributed by atoms with Crippen LogP contribution in [0.25, 0.3) is 0 Å². The molecule has 0 heterocycles. The highest BCUT2D eigenvalue weighted by Crippen LogP contribution is 2.42. The number of anilines is 2. The highest BCUT2D eigenvalue weighted by atomic mass is 16.2. The van der Waals surface area contributed by atoms with Gasteiger partial charge >= 0.3 is 0 Å². The van der Waals surface area contributed by atoms with Crippen molar-refractivity contribution in [3.8, 4) is 0 Å². The van der Waals surface area contributed by atoms with E-state index in [1.807, 2.05) is 25.1 Å². The van der Waals surface area contributed by atoms with E-state index in [9.17, 15) is 9.59 Å². The Balaban J connectivity index is 1.73. The molecule has 0 aliphatic heterocycles. The van der Waals surface area contributed by atoms with Gasteiger partial charge in [0.15, 0.2) is 0 Å². The summed E-state index contributed by atoms with van der Waals surface area (Å²) in [6.45, 7) is 3.44. The first-order valence-electron chi connectivity index (χ1n) is 8.88. The normalized spacial score (nSPS) is 29.0. The molecule has 2 aliphatic rings. The Morgan fingerprint density at radius 2 is 1.75 bits per heavy atom. The van der Waals surface area contributed by atoms with Crippen molar-refractivity contribution in [2.45, 2.75) is 52.0 Å². The number of hydrogen-bond donors (Lipinski definition) is 3. The molecule has 0 radical (unpaired) electrons. The van der Waals surface area contributed by atoms with Crippen LogP contribution in [0.15, 0.2) is 18.2 Å². The number of fused-ring (bicyclic) bond motifs is 2. The van der Waals surface area contributed by atoms with Gasteiger partial charge < -0.3 is 16.4 Å². The highest BCUT2D eigenvalue weighted by molar-refractivity contribution is 5.99. The summed E-state index contributed by atoms with van der Waals surface area (Å²) in [6, 6.07) is 5.91. The van der Waals surface area contributed by atoms with Crippen LogP contribution >= 0.6 is 0 Å². The van der Waals surface area contributed by atoms with Gasteiger partial charge in [0.05, 0.1) is 11.4 Å². The average Bonchev–Trinajstić information content (AvgIpc) is 2.49. The van der Waals surface area contributed by atoms with Crippen molar-refractivity contribution in [2.24, 2.45) is 23.5 Å². The van der Waals surface area contributed by atoms with E-state index >= 15 is 0 Å². The van der Waals surface area contributed by atoms with Crippen LogP contribution in [-0.4, -0.2) is 17.9 Å². The summed E-state index contributed by atoms with van der Waals surface area (Å²) in [6.07, 6.45) is 5.28. The molecule has 0 spiro atoms. The lowest BCUT2D eigenvalue weighted by Gasteiger charge is -2.43. The lowest BCUT2D eigenvalue weighted by atomic mass is 9.65. The minimum atomic E-state index is -0.146. The number of rotatable bonds is 3. The summed E-state index contributed by atoms with van der Waals surface area (Å²) in [5.74, 6) is 0.871. The fraction of sp³-hybridized carbons (Fsp3) is 0.579. The number of carbonyl (C=O) groups excluding carboxylic acids is 2. The predicted molar refractivity (Wildman–Crippen MR) is 95.6 cm³/mol. The zero-order chi connectivity index (χ0) is 17.3. The van der Waals surface area contributed by atoms with Crippen molar-refractivity contribution in [1.82, 2.24) is 0 Å². The highest BCUT2D eigenvalue weighted by Gasteiger charge is 2.40. The van der Waals surface area contributed by atoms with Gasteiger partial charge in [-0.1, -0.05) is 12.5 Å². The lowest BCUT2D eigenvalue weighted by molar-refractivity contribution is -0.122. The molecule has 5 heteroatoms. The number of carbonyl (C=O) groups is 2. The zero-order valence-electron chi connectivity index (χ0n) is 14.5. The number of aryl methyl sites for hydroxylation is 1. The maximum atomic E-state index is 12.8. The minimum absolute atomic E-state index is 0.0193. The molecular formula is C19H27N3O2. The Labute approximate surface area is 143 Å². The quantitative estimate of drug-likeness (QED) is 0.797. The Morgan fingerprint density at radius 1 is 1.08 bits per heavy atom. The smallest absolute Gasteiger partial charge is 0.227 e. The Hall–Kier alpha value is -1.88. The number of nitrogens with one attached hydrogen (secondary N) is 2. The Bertz CT molecular complexity index is 629. The fourth-order valence-corrected chi connectivity index (χ4v) is 4.30. The Morgan fingerprint density at radius 3 is 2.38 bits per heavy atom. The molecule has 2 saturated carbocycles. The van der Waals surface area contributed by atoms with E-state index in [4.69, 9.17) is 5.73 Å². The van der Waals surface area contributed by atoms with E-state index in [0.717, 1.165) is 31.2 Å². The van der Waals surface area contributed by atoms with E-state index in [-0.39, 0.29) is 23.8 Å². The largest absolute Gasteiger partial charge is 0.327 e. The van der Waals surface area contributed by atoms with E-state index in [1.54, 1.807) is 0 Å². The monoisotopic (exact) mass is 329 g/mol. The maximum Gasteiger partial charge on any atom is 0.227 e. The van der Waals surface area contributed by atoms with Crippen LogP contribution < -0.4 is 16.4 Å². The van der Waals surface area contributed by atoms with E-state index in [1.165, 1.54) is 13.3 Å². The molecule has 2 aliphatic carbocycles.